The predicted molar refractivity (Wildman–Crippen MR) is 87.9 cm³/mol. The van der Waals surface area contributed by atoms with E-state index in [0.29, 0.717) is 5.92 Å². The number of allylic oxidation sites excluding steroid dienone is 4. The molecule has 1 saturated heterocycles. The first-order valence-corrected chi connectivity index (χ1v) is 8.70. The monoisotopic (exact) mass is 301 g/mol. The molecule has 3 nitrogen and oxygen atoms in total. The third-order valence-corrected chi connectivity index (χ3v) is 5.03. The molecule has 2 heterocycles. The van der Waals surface area contributed by atoms with Crippen LogP contribution in [-0.2, 0) is 9.53 Å². The van der Waals surface area contributed by atoms with Crippen LogP contribution in [-0.4, -0.2) is 12.5 Å². The zero-order valence-corrected chi connectivity index (χ0v) is 13.8. The van der Waals surface area contributed by atoms with Crippen LogP contribution in [0.25, 0.3) is 0 Å². The minimum Gasteiger partial charge on any atom is -0.493 e. The molecule has 22 heavy (non-hydrogen) atoms. The molecule has 0 spiro atoms. The zero-order chi connectivity index (χ0) is 15.5. The van der Waals surface area contributed by atoms with E-state index in [9.17, 15) is 4.79 Å². The second-order valence-corrected chi connectivity index (χ2v) is 7.04. The van der Waals surface area contributed by atoms with Crippen molar-refractivity contribution in [2.75, 3.05) is 6.61 Å². The van der Waals surface area contributed by atoms with Gasteiger partial charge in [-0.25, -0.2) is 0 Å². The molecule has 2 atom stereocenters. The van der Waals surface area contributed by atoms with Crippen LogP contribution in [0.4, 0.5) is 0 Å². The molecular weight excluding hydrogens is 274 g/mol. The molecule has 3 rings (SSSR count). The van der Waals surface area contributed by atoms with Gasteiger partial charge >= 0.3 is 0 Å². The van der Waals surface area contributed by atoms with Crippen molar-refractivity contribution >= 4 is 5.91 Å². The molecule has 1 aliphatic carbocycles. The number of carbonyl (C=O) groups excluding carboxylic acids is 1. The van der Waals surface area contributed by atoms with E-state index >= 15 is 0 Å². The lowest BCUT2D eigenvalue weighted by molar-refractivity contribution is -0.124. The molecule has 3 aliphatic rings. The third kappa shape index (κ3) is 3.45. The molecule has 1 amide bonds. The predicted octanol–water partition coefficient (Wildman–Crippen LogP) is 4.23. The fraction of sp³-hybridized carbons (Fsp3) is 0.632. The first-order chi connectivity index (χ1) is 10.6. The van der Waals surface area contributed by atoms with Gasteiger partial charge in [0.1, 0.15) is 5.76 Å². The summed E-state index contributed by atoms with van der Waals surface area (Å²) in [5.74, 6) is 1.94. The van der Waals surface area contributed by atoms with Crippen molar-refractivity contribution in [2.45, 2.75) is 58.8 Å². The lowest BCUT2D eigenvalue weighted by Gasteiger charge is -2.21. The van der Waals surface area contributed by atoms with Crippen molar-refractivity contribution in [1.82, 2.24) is 5.32 Å². The van der Waals surface area contributed by atoms with Gasteiger partial charge in [-0.15, -0.1) is 0 Å². The molecule has 0 aromatic carbocycles. The molecule has 0 aromatic heterocycles. The summed E-state index contributed by atoms with van der Waals surface area (Å²) in [5.41, 5.74) is 3.66. The van der Waals surface area contributed by atoms with E-state index in [1.54, 1.807) is 0 Å². The number of carbonyl (C=O) groups is 1. The van der Waals surface area contributed by atoms with Crippen LogP contribution in [0, 0.1) is 11.8 Å². The Bertz CT molecular complexity index is 542. The smallest absolute Gasteiger partial charge is 0.226 e. The van der Waals surface area contributed by atoms with Gasteiger partial charge in [-0.2, -0.15) is 0 Å². The summed E-state index contributed by atoms with van der Waals surface area (Å²) in [6.45, 7) is 5.08. The number of nitrogens with one attached hydrogen (secondary N) is 1. The molecule has 120 valence electrons. The van der Waals surface area contributed by atoms with Gasteiger partial charge in [0.15, 0.2) is 0 Å². The van der Waals surface area contributed by atoms with Gasteiger partial charge < -0.3 is 10.1 Å². The van der Waals surface area contributed by atoms with E-state index in [-0.39, 0.29) is 11.8 Å². The Morgan fingerprint density at radius 1 is 1.18 bits per heavy atom. The maximum atomic E-state index is 12.2. The van der Waals surface area contributed by atoms with Gasteiger partial charge in [-0.1, -0.05) is 19.9 Å². The summed E-state index contributed by atoms with van der Waals surface area (Å²) in [5, 5.41) is 3.16. The Hall–Kier alpha value is -1.51. The highest BCUT2D eigenvalue weighted by Crippen LogP contribution is 2.32. The van der Waals surface area contributed by atoms with Crippen LogP contribution < -0.4 is 5.32 Å². The van der Waals surface area contributed by atoms with E-state index in [1.165, 1.54) is 24.0 Å². The topological polar surface area (TPSA) is 38.3 Å². The normalized spacial score (nSPS) is 30.0. The van der Waals surface area contributed by atoms with E-state index in [0.717, 1.165) is 50.2 Å². The van der Waals surface area contributed by atoms with Gasteiger partial charge in [0.05, 0.1) is 6.61 Å². The molecule has 0 aromatic rings. The van der Waals surface area contributed by atoms with Crippen molar-refractivity contribution in [1.29, 1.82) is 0 Å². The molecule has 0 radical (unpaired) electrons. The maximum absolute atomic E-state index is 12.2. The number of rotatable bonds is 0. The van der Waals surface area contributed by atoms with E-state index in [2.05, 4.69) is 24.4 Å². The summed E-state index contributed by atoms with van der Waals surface area (Å²) in [6.07, 6.45) is 11.9. The van der Waals surface area contributed by atoms with Crippen LogP contribution >= 0.6 is 0 Å². The van der Waals surface area contributed by atoms with E-state index in [4.69, 9.17) is 4.74 Å². The van der Waals surface area contributed by atoms with Crippen LogP contribution in [0.1, 0.15) is 58.8 Å². The second-order valence-electron chi connectivity index (χ2n) is 7.04. The van der Waals surface area contributed by atoms with Crippen molar-refractivity contribution in [3.63, 3.8) is 0 Å². The van der Waals surface area contributed by atoms with Crippen LogP contribution in [0.15, 0.2) is 34.8 Å². The minimum absolute atomic E-state index is 0.114. The Kier molecular flexibility index (Phi) is 4.70. The molecule has 0 saturated carbocycles. The van der Waals surface area contributed by atoms with Gasteiger partial charge in [-0.05, 0) is 61.7 Å². The van der Waals surface area contributed by atoms with Crippen LogP contribution in [0.2, 0.25) is 0 Å². The molecule has 1 fully saturated rings. The highest BCUT2D eigenvalue weighted by molar-refractivity contribution is 5.80. The van der Waals surface area contributed by atoms with Crippen molar-refractivity contribution in [3.8, 4) is 0 Å². The Morgan fingerprint density at radius 2 is 2.00 bits per heavy atom. The van der Waals surface area contributed by atoms with Gasteiger partial charge in [0.2, 0.25) is 5.91 Å². The number of ether oxygens (including phenoxy) is 1. The molecule has 3 heteroatoms. The summed E-state index contributed by atoms with van der Waals surface area (Å²) < 4.78 is 6.09. The highest BCUT2D eigenvalue weighted by Gasteiger charge is 2.22. The molecule has 1 N–H and O–H groups in total. The summed E-state index contributed by atoms with van der Waals surface area (Å²) >= 11 is 0. The number of fused-ring (bicyclic) bond motifs is 1. The van der Waals surface area contributed by atoms with Crippen molar-refractivity contribution in [3.05, 3.63) is 34.8 Å². The minimum atomic E-state index is 0.114. The standard InChI is InChI=1S/C19H27NO2/c1-13-5-3-7-15-9-10-17-16(11-18(15)22-12-13)8-4-6-14(2)19(21)20-17/h9,11,13-14H,3-8,10,12H2,1-2H3,(H,20,21). The number of hydrogen-bond donors (Lipinski definition) is 1. The lowest BCUT2D eigenvalue weighted by Crippen LogP contribution is -2.30. The fourth-order valence-corrected chi connectivity index (χ4v) is 3.47. The highest BCUT2D eigenvalue weighted by atomic mass is 16.5. The van der Waals surface area contributed by atoms with Crippen molar-refractivity contribution in [2.24, 2.45) is 11.8 Å². The zero-order valence-electron chi connectivity index (χ0n) is 13.8. The molecule has 2 unspecified atom stereocenters. The van der Waals surface area contributed by atoms with E-state index < -0.39 is 0 Å². The number of amides is 1. The Morgan fingerprint density at radius 3 is 2.86 bits per heavy atom. The summed E-state index contributed by atoms with van der Waals surface area (Å²) in [7, 11) is 0. The summed E-state index contributed by atoms with van der Waals surface area (Å²) in [4.78, 5) is 12.2. The average molecular weight is 301 g/mol. The SMILES string of the molecule is CC1CCCC2=CCC3=C(C=C2OC1)CCCC(C)C(=O)N3. The summed E-state index contributed by atoms with van der Waals surface area (Å²) in [6, 6.07) is 0. The quantitative estimate of drug-likeness (QED) is 0.727. The van der Waals surface area contributed by atoms with Gasteiger partial charge in [0, 0.05) is 18.0 Å². The molecule has 2 aliphatic heterocycles. The van der Waals surface area contributed by atoms with E-state index in [1.807, 2.05) is 6.92 Å². The first kappa shape index (κ1) is 15.4. The third-order valence-electron chi connectivity index (χ3n) is 5.03. The maximum Gasteiger partial charge on any atom is 0.226 e. The average Bonchev–Trinajstić information content (AvgIpc) is 2.62. The first-order valence-electron chi connectivity index (χ1n) is 8.70. The van der Waals surface area contributed by atoms with Gasteiger partial charge in [-0.3, -0.25) is 4.79 Å². The van der Waals surface area contributed by atoms with Crippen LogP contribution in [0.5, 0.6) is 0 Å². The second kappa shape index (κ2) is 6.72. The fourth-order valence-electron chi connectivity index (χ4n) is 3.47. The lowest BCUT2D eigenvalue weighted by atomic mass is 9.95. The molecular formula is C19H27NO2. The Labute approximate surface area is 133 Å². The van der Waals surface area contributed by atoms with Gasteiger partial charge in [0.25, 0.3) is 0 Å². The van der Waals surface area contributed by atoms with Crippen molar-refractivity contribution < 1.29 is 9.53 Å². The van der Waals surface area contributed by atoms with Crippen LogP contribution in [0.3, 0.4) is 0 Å². The molecule has 0 bridgehead atoms. The largest absolute Gasteiger partial charge is 0.493 e. The Balaban J connectivity index is 1.88. The number of hydrogen-bond acceptors (Lipinski definition) is 2.